The molecule has 0 aromatic rings. The van der Waals surface area contributed by atoms with Crippen LogP contribution in [0, 0.1) is 5.92 Å². The third-order valence-electron chi connectivity index (χ3n) is 6.96. The predicted octanol–water partition coefficient (Wildman–Crippen LogP) is 4.51. The normalized spacial score (nSPS) is 27.9. The lowest BCUT2D eigenvalue weighted by Gasteiger charge is -2.47. The van der Waals surface area contributed by atoms with Crippen LogP contribution in [0.25, 0.3) is 0 Å². The molecule has 1 aliphatic carbocycles. The summed E-state index contributed by atoms with van der Waals surface area (Å²) in [4.78, 5) is 0. The molecule has 0 unspecified atom stereocenters. The SMILES string of the molecule is CC(C)(C)[Si](C)(C)OC[C@@H]1[C@@H](O[Si](C)(C)C(C)(C)C)C[C@H](O)C[C@H]1OS(C)(=O)=O. The molecular weight excluding hydrogens is 424 g/mol. The molecule has 9 heteroatoms. The second kappa shape index (κ2) is 8.99. The minimum Gasteiger partial charge on any atom is -0.416 e. The molecule has 0 spiro atoms. The molecule has 0 aromatic carbocycles. The Labute approximate surface area is 181 Å². The Kier molecular flexibility index (Phi) is 8.45. The van der Waals surface area contributed by atoms with Crippen molar-refractivity contribution in [1.29, 1.82) is 0 Å². The van der Waals surface area contributed by atoms with E-state index in [1.165, 1.54) is 0 Å². The molecule has 1 fully saturated rings. The van der Waals surface area contributed by atoms with E-state index in [-0.39, 0.29) is 28.5 Å². The van der Waals surface area contributed by atoms with Crippen molar-refractivity contribution in [3.63, 3.8) is 0 Å². The zero-order valence-corrected chi connectivity index (χ0v) is 23.1. The van der Waals surface area contributed by atoms with Gasteiger partial charge in [0.25, 0.3) is 10.1 Å². The van der Waals surface area contributed by atoms with E-state index in [1.54, 1.807) is 0 Å². The Morgan fingerprint density at radius 1 is 0.897 bits per heavy atom. The Morgan fingerprint density at radius 2 is 1.34 bits per heavy atom. The Morgan fingerprint density at radius 3 is 1.76 bits per heavy atom. The highest BCUT2D eigenvalue weighted by atomic mass is 32.2. The fraction of sp³-hybridized carbons (Fsp3) is 1.00. The van der Waals surface area contributed by atoms with Gasteiger partial charge in [0.2, 0.25) is 0 Å². The Bertz CT molecular complexity index is 649. The summed E-state index contributed by atoms with van der Waals surface area (Å²) < 4.78 is 42.3. The van der Waals surface area contributed by atoms with Gasteiger partial charge in [-0.25, -0.2) is 0 Å². The van der Waals surface area contributed by atoms with Crippen LogP contribution in [-0.4, -0.2) is 61.3 Å². The standard InChI is InChI=1S/C20H44O6SSi2/c1-19(2,3)28(8,9)24-14-16-17(25-27(7,22)23)12-15(21)13-18(16)26-29(10,11)20(4,5)6/h15-18,21H,12-14H2,1-11H3/t15-,16+,17-,18+/m1/s1. The van der Waals surface area contributed by atoms with Crippen molar-refractivity contribution in [2.24, 2.45) is 5.92 Å². The fourth-order valence-corrected chi connectivity index (χ4v) is 6.08. The Balaban J connectivity index is 3.20. The third kappa shape index (κ3) is 7.69. The molecule has 0 bridgehead atoms. The maximum atomic E-state index is 11.9. The summed E-state index contributed by atoms with van der Waals surface area (Å²) >= 11 is 0. The molecule has 0 amide bonds. The predicted molar refractivity (Wildman–Crippen MR) is 124 cm³/mol. The summed E-state index contributed by atoms with van der Waals surface area (Å²) in [5, 5.41) is 10.5. The zero-order valence-electron chi connectivity index (χ0n) is 20.3. The van der Waals surface area contributed by atoms with Crippen molar-refractivity contribution in [1.82, 2.24) is 0 Å². The topological polar surface area (TPSA) is 82.1 Å². The molecule has 29 heavy (non-hydrogen) atoms. The van der Waals surface area contributed by atoms with E-state index >= 15 is 0 Å². The van der Waals surface area contributed by atoms with E-state index in [4.69, 9.17) is 13.0 Å². The van der Waals surface area contributed by atoms with E-state index in [0.29, 0.717) is 13.0 Å². The van der Waals surface area contributed by atoms with Gasteiger partial charge in [-0.1, -0.05) is 41.5 Å². The Hall–Kier alpha value is 0.224. The molecular formula is C20H44O6SSi2. The zero-order chi connectivity index (χ0) is 23.1. The van der Waals surface area contributed by atoms with E-state index in [2.05, 4.69) is 67.7 Å². The average molecular weight is 469 g/mol. The lowest BCUT2D eigenvalue weighted by molar-refractivity contribution is -0.0685. The van der Waals surface area contributed by atoms with Crippen molar-refractivity contribution >= 4 is 26.8 Å². The quantitative estimate of drug-likeness (QED) is 0.437. The van der Waals surface area contributed by atoms with E-state index < -0.39 is 39.0 Å². The van der Waals surface area contributed by atoms with Crippen LogP contribution in [0.4, 0.5) is 0 Å². The summed E-state index contributed by atoms with van der Waals surface area (Å²) in [6, 6.07) is 0. The van der Waals surface area contributed by atoms with Crippen molar-refractivity contribution in [2.75, 3.05) is 12.9 Å². The molecule has 174 valence electrons. The average Bonchev–Trinajstić information content (AvgIpc) is 2.41. The smallest absolute Gasteiger partial charge is 0.264 e. The minimum absolute atomic E-state index is 0.00736. The molecule has 6 nitrogen and oxygen atoms in total. The van der Waals surface area contributed by atoms with Crippen LogP contribution < -0.4 is 0 Å². The summed E-state index contributed by atoms with van der Waals surface area (Å²) in [5.41, 5.74) is 0. The summed E-state index contributed by atoms with van der Waals surface area (Å²) in [6.45, 7) is 22.1. The third-order valence-corrected chi connectivity index (χ3v) is 16.6. The molecule has 0 saturated heterocycles. The summed E-state index contributed by atoms with van der Waals surface area (Å²) in [5.74, 6) is -0.239. The van der Waals surface area contributed by atoms with E-state index in [9.17, 15) is 13.5 Å². The fourth-order valence-electron chi connectivity index (χ4n) is 2.98. The molecule has 4 atom stereocenters. The van der Waals surface area contributed by atoms with E-state index in [0.717, 1.165) is 6.26 Å². The van der Waals surface area contributed by atoms with Gasteiger partial charge in [-0.2, -0.15) is 8.42 Å². The molecule has 1 aliphatic rings. The van der Waals surface area contributed by atoms with E-state index in [1.807, 2.05) is 0 Å². The maximum absolute atomic E-state index is 11.9. The summed E-state index contributed by atoms with van der Waals surface area (Å²) in [6.07, 6.45) is 0.214. The number of aliphatic hydroxyl groups is 1. The van der Waals surface area contributed by atoms with Crippen molar-refractivity contribution < 1.29 is 26.6 Å². The van der Waals surface area contributed by atoms with Gasteiger partial charge < -0.3 is 14.0 Å². The van der Waals surface area contributed by atoms with Gasteiger partial charge in [0.05, 0.1) is 24.6 Å². The van der Waals surface area contributed by atoms with Gasteiger partial charge in [-0.15, -0.1) is 0 Å². The highest BCUT2D eigenvalue weighted by Crippen LogP contribution is 2.42. The van der Waals surface area contributed by atoms with Gasteiger partial charge in [-0.05, 0) is 42.7 Å². The highest BCUT2D eigenvalue weighted by molar-refractivity contribution is 7.86. The first-order valence-electron chi connectivity index (χ1n) is 10.5. The van der Waals surface area contributed by atoms with Gasteiger partial charge in [0.15, 0.2) is 16.6 Å². The van der Waals surface area contributed by atoms with Gasteiger partial charge in [-0.3, -0.25) is 4.18 Å². The first kappa shape index (κ1) is 27.3. The van der Waals surface area contributed by atoms with Crippen molar-refractivity contribution in [3.8, 4) is 0 Å². The number of hydrogen-bond donors (Lipinski definition) is 1. The molecule has 0 aliphatic heterocycles. The summed E-state index contributed by atoms with van der Waals surface area (Å²) in [7, 11) is -7.81. The largest absolute Gasteiger partial charge is 0.416 e. The van der Waals surface area contributed by atoms with Crippen LogP contribution in [0.3, 0.4) is 0 Å². The lowest BCUT2D eigenvalue weighted by Crippen LogP contribution is -2.54. The number of aliphatic hydroxyl groups excluding tert-OH is 1. The molecule has 0 aromatic heterocycles. The van der Waals surface area contributed by atoms with Crippen LogP contribution in [0.15, 0.2) is 0 Å². The van der Waals surface area contributed by atoms with Crippen LogP contribution in [0.1, 0.15) is 54.4 Å². The first-order valence-corrected chi connectivity index (χ1v) is 18.2. The van der Waals surface area contributed by atoms with Gasteiger partial charge in [0.1, 0.15) is 0 Å². The monoisotopic (exact) mass is 468 g/mol. The lowest BCUT2D eigenvalue weighted by atomic mass is 9.83. The highest BCUT2D eigenvalue weighted by Gasteiger charge is 2.47. The van der Waals surface area contributed by atoms with Crippen LogP contribution in [0.2, 0.25) is 36.3 Å². The second-order valence-electron chi connectivity index (χ2n) is 11.6. The van der Waals surface area contributed by atoms with Crippen LogP contribution in [0.5, 0.6) is 0 Å². The van der Waals surface area contributed by atoms with Gasteiger partial charge >= 0.3 is 0 Å². The van der Waals surface area contributed by atoms with Crippen LogP contribution in [-0.2, 0) is 23.2 Å². The van der Waals surface area contributed by atoms with Crippen molar-refractivity contribution in [2.45, 2.75) is 109 Å². The van der Waals surface area contributed by atoms with Crippen LogP contribution >= 0.6 is 0 Å². The number of rotatable bonds is 7. The maximum Gasteiger partial charge on any atom is 0.264 e. The molecule has 0 heterocycles. The molecule has 0 radical (unpaired) electrons. The second-order valence-corrected chi connectivity index (χ2v) is 22.8. The molecule has 1 rings (SSSR count). The molecule has 1 saturated carbocycles. The van der Waals surface area contributed by atoms with Gasteiger partial charge in [0, 0.05) is 18.9 Å². The number of hydrogen-bond acceptors (Lipinski definition) is 6. The first-order chi connectivity index (χ1) is 12.7. The molecule has 1 N–H and O–H groups in total. The van der Waals surface area contributed by atoms with Crippen molar-refractivity contribution in [3.05, 3.63) is 0 Å². The minimum atomic E-state index is -3.66.